The number of hydrogen-bond donors (Lipinski definition) is 0. The molecule has 0 spiro atoms. The zero-order chi connectivity index (χ0) is 12.7. The summed E-state index contributed by atoms with van der Waals surface area (Å²) in [5.41, 5.74) is 1.23. The fourth-order valence-electron chi connectivity index (χ4n) is 1.50. The van der Waals surface area contributed by atoms with Crippen molar-refractivity contribution >= 4 is 12.4 Å². The van der Waals surface area contributed by atoms with Gasteiger partial charge in [-0.3, -0.25) is 4.79 Å². The lowest BCUT2D eigenvalue weighted by atomic mass is 10.1. The maximum Gasteiger partial charge on any atom is 0.154 e. The summed E-state index contributed by atoms with van der Waals surface area (Å²) in [5, 5.41) is 0. The van der Waals surface area contributed by atoms with Crippen molar-refractivity contribution in [2.24, 2.45) is 0 Å². The van der Waals surface area contributed by atoms with Crippen LogP contribution in [0.15, 0.2) is 18.7 Å². The lowest BCUT2D eigenvalue weighted by molar-refractivity contribution is 0.112. The van der Waals surface area contributed by atoms with Crippen molar-refractivity contribution in [3.8, 4) is 11.5 Å². The Labute approximate surface area is 102 Å². The van der Waals surface area contributed by atoms with Crippen LogP contribution in [0.1, 0.15) is 35.7 Å². The monoisotopic (exact) mass is 234 g/mol. The van der Waals surface area contributed by atoms with Gasteiger partial charge in [-0.25, -0.2) is 0 Å². The third-order valence-corrected chi connectivity index (χ3v) is 2.47. The van der Waals surface area contributed by atoms with E-state index in [1.54, 1.807) is 18.2 Å². The number of aldehydes is 1. The molecule has 3 heteroatoms. The summed E-state index contributed by atoms with van der Waals surface area (Å²) < 4.78 is 10.8. The van der Waals surface area contributed by atoms with Gasteiger partial charge in [-0.2, -0.15) is 0 Å². The molecule has 0 N–H and O–H groups in total. The van der Waals surface area contributed by atoms with E-state index in [1.807, 2.05) is 0 Å². The Hall–Kier alpha value is -1.77. The van der Waals surface area contributed by atoms with Crippen LogP contribution in [0, 0.1) is 0 Å². The minimum atomic E-state index is 0.505. The van der Waals surface area contributed by atoms with Gasteiger partial charge in [0.25, 0.3) is 0 Å². The minimum absolute atomic E-state index is 0.505. The van der Waals surface area contributed by atoms with Crippen molar-refractivity contribution in [2.75, 3.05) is 13.7 Å². The second kappa shape index (κ2) is 6.74. The number of unbranched alkanes of at least 4 members (excludes halogenated alkanes) is 1. The summed E-state index contributed by atoms with van der Waals surface area (Å²) in [6.45, 7) is 6.45. The number of hydrogen-bond acceptors (Lipinski definition) is 3. The minimum Gasteiger partial charge on any atom is -0.496 e. The van der Waals surface area contributed by atoms with Crippen LogP contribution in [-0.4, -0.2) is 20.0 Å². The lowest BCUT2D eigenvalue weighted by Crippen LogP contribution is -2.00. The second-order valence-electron chi connectivity index (χ2n) is 3.65. The van der Waals surface area contributed by atoms with Crippen molar-refractivity contribution in [3.63, 3.8) is 0 Å². The molecule has 0 aliphatic rings. The zero-order valence-corrected chi connectivity index (χ0v) is 10.4. The molecule has 0 atom stereocenters. The maximum atomic E-state index is 11.0. The van der Waals surface area contributed by atoms with Gasteiger partial charge >= 0.3 is 0 Å². The predicted molar refractivity (Wildman–Crippen MR) is 68.9 cm³/mol. The van der Waals surface area contributed by atoms with Gasteiger partial charge in [-0.1, -0.05) is 26.0 Å². The summed E-state index contributed by atoms with van der Waals surface area (Å²) in [4.78, 5) is 11.0. The first kappa shape index (κ1) is 13.3. The van der Waals surface area contributed by atoms with Crippen molar-refractivity contribution in [1.82, 2.24) is 0 Å². The lowest BCUT2D eigenvalue weighted by Gasteiger charge is -2.11. The Morgan fingerprint density at radius 2 is 2.18 bits per heavy atom. The van der Waals surface area contributed by atoms with Crippen LogP contribution in [-0.2, 0) is 0 Å². The highest BCUT2D eigenvalue weighted by Crippen LogP contribution is 2.28. The van der Waals surface area contributed by atoms with Gasteiger partial charge in [0.15, 0.2) is 6.29 Å². The largest absolute Gasteiger partial charge is 0.496 e. The Bertz CT molecular complexity index is 397. The zero-order valence-electron chi connectivity index (χ0n) is 10.4. The molecule has 1 aromatic rings. The first-order valence-electron chi connectivity index (χ1n) is 5.69. The first-order valence-corrected chi connectivity index (χ1v) is 5.69. The molecule has 0 fully saturated rings. The number of carbonyl (C=O) groups is 1. The molecule has 0 aromatic heterocycles. The molecule has 0 radical (unpaired) electrons. The second-order valence-corrected chi connectivity index (χ2v) is 3.65. The summed E-state index contributed by atoms with van der Waals surface area (Å²) in [6.07, 6.45) is 4.48. The number of carbonyl (C=O) groups excluding carboxylic acids is 1. The average Bonchev–Trinajstić information content (AvgIpc) is 2.37. The topological polar surface area (TPSA) is 35.5 Å². The van der Waals surface area contributed by atoms with Crippen LogP contribution < -0.4 is 9.47 Å². The van der Waals surface area contributed by atoms with Gasteiger partial charge in [-0.15, -0.1) is 0 Å². The first-order chi connectivity index (χ1) is 8.26. The van der Waals surface area contributed by atoms with Crippen LogP contribution in [0.25, 0.3) is 6.08 Å². The van der Waals surface area contributed by atoms with Crippen molar-refractivity contribution < 1.29 is 14.3 Å². The Morgan fingerprint density at radius 3 is 2.71 bits per heavy atom. The van der Waals surface area contributed by atoms with E-state index < -0.39 is 0 Å². The summed E-state index contributed by atoms with van der Waals surface area (Å²) in [6, 6.07) is 3.53. The molecule has 3 nitrogen and oxygen atoms in total. The molecule has 0 aliphatic carbocycles. The summed E-state index contributed by atoms with van der Waals surface area (Å²) >= 11 is 0. The third-order valence-electron chi connectivity index (χ3n) is 2.47. The van der Waals surface area contributed by atoms with Gasteiger partial charge in [0.2, 0.25) is 0 Å². The quantitative estimate of drug-likeness (QED) is 0.536. The van der Waals surface area contributed by atoms with E-state index >= 15 is 0 Å². The molecule has 0 bridgehead atoms. The SMILES string of the molecule is C=Cc1cc(OCCCC)cc(OC)c1C=O. The van der Waals surface area contributed by atoms with Crippen LogP contribution >= 0.6 is 0 Å². The van der Waals surface area contributed by atoms with Gasteiger partial charge in [0, 0.05) is 6.07 Å². The highest BCUT2D eigenvalue weighted by Gasteiger charge is 2.09. The van der Waals surface area contributed by atoms with Crippen LogP contribution in [0.5, 0.6) is 11.5 Å². The van der Waals surface area contributed by atoms with Crippen LogP contribution in [0.2, 0.25) is 0 Å². The van der Waals surface area contributed by atoms with E-state index in [-0.39, 0.29) is 0 Å². The maximum absolute atomic E-state index is 11.0. The number of benzene rings is 1. The molecule has 0 unspecified atom stereocenters. The molecular formula is C14H18O3. The smallest absolute Gasteiger partial charge is 0.154 e. The van der Waals surface area contributed by atoms with E-state index in [2.05, 4.69) is 13.5 Å². The number of ether oxygens (including phenoxy) is 2. The molecule has 1 aromatic carbocycles. The molecular weight excluding hydrogens is 216 g/mol. The molecule has 0 heterocycles. The fraction of sp³-hybridized carbons (Fsp3) is 0.357. The molecule has 1 rings (SSSR count). The standard InChI is InChI=1S/C14H18O3/c1-4-6-7-17-12-8-11(5-2)13(10-15)14(9-12)16-3/h5,8-10H,2,4,6-7H2,1,3H3. The predicted octanol–water partition coefficient (Wildman–Crippen LogP) is 3.33. The molecule has 17 heavy (non-hydrogen) atoms. The highest BCUT2D eigenvalue weighted by molar-refractivity contribution is 5.86. The Morgan fingerprint density at radius 1 is 1.41 bits per heavy atom. The summed E-state index contributed by atoms with van der Waals surface area (Å²) in [5.74, 6) is 1.22. The van der Waals surface area contributed by atoms with Crippen molar-refractivity contribution in [2.45, 2.75) is 19.8 Å². The number of methoxy groups -OCH3 is 1. The van der Waals surface area contributed by atoms with Gasteiger partial charge in [-0.05, 0) is 18.1 Å². The highest BCUT2D eigenvalue weighted by atomic mass is 16.5. The van der Waals surface area contributed by atoms with Crippen molar-refractivity contribution in [1.29, 1.82) is 0 Å². The third kappa shape index (κ3) is 3.34. The van der Waals surface area contributed by atoms with E-state index in [4.69, 9.17) is 9.47 Å². The van der Waals surface area contributed by atoms with E-state index in [9.17, 15) is 4.79 Å². The van der Waals surface area contributed by atoms with Gasteiger partial charge < -0.3 is 9.47 Å². The molecule has 0 saturated carbocycles. The molecule has 0 amide bonds. The van der Waals surface area contributed by atoms with Crippen molar-refractivity contribution in [3.05, 3.63) is 29.8 Å². The van der Waals surface area contributed by atoms with E-state index in [0.717, 1.165) is 24.7 Å². The fourth-order valence-corrected chi connectivity index (χ4v) is 1.50. The molecule has 92 valence electrons. The van der Waals surface area contributed by atoms with E-state index in [0.29, 0.717) is 23.7 Å². The van der Waals surface area contributed by atoms with Crippen LogP contribution in [0.4, 0.5) is 0 Å². The Balaban J connectivity index is 3.00. The van der Waals surface area contributed by atoms with E-state index in [1.165, 1.54) is 7.11 Å². The van der Waals surface area contributed by atoms with Gasteiger partial charge in [0.1, 0.15) is 11.5 Å². The number of rotatable bonds is 7. The summed E-state index contributed by atoms with van der Waals surface area (Å²) in [7, 11) is 1.53. The normalized spacial score (nSPS) is 9.76. The molecule has 0 saturated heterocycles. The Kier molecular flexibility index (Phi) is 5.27. The van der Waals surface area contributed by atoms with Crippen LogP contribution in [0.3, 0.4) is 0 Å². The molecule has 0 aliphatic heterocycles. The average molecular weight is 234 g/mol. The van der Waals surface area contributed by atoms with Gasteiger partial charge in [0.05, 0.1) is 19.3 Å².